The largest absolute Gasteiger partial charge is 0.348 e. The molecule has 3 aliphatic rings. The zero-order valence-electron chi connectivity index (χ0n) is 17.3. The standard InChI is InChI=1S/C23H37N3O/c1-16-12-14-18(15-13-16)17(2)24-23(27)22-20-10-6-7-11-21(20)26(25-22)19-8-4-3-5-9-19/h16-19H,3-15H2,1-2H3,(H,24,27)/t16-,17?,18-. The number of amides is 1. The first-order valence-electron chi connectivity index (χ1n) is 11.5. The second-order valence-electron chi connectivity index (χ2n) is 9.50. The van der Waals surface area contributed by atoms with Crippen molar-refractivity contribution in [1.82, 2.24) is 15.1 Å². The van der Waals surface area contributed by atoms with Gasteiger partial charge >= 0.3 is 0 Å². The number of carbonyl (C=O) groups is 1. The van der Waals surface area contributed by atoms with Crippen molar-refractivity contribution in [3.8, 4) is 0 Å². The highest BCUT2D eigenvalue weighted by atomic mass is 16.2. The van der Waals surface area contributed by atoms with Crippen LogP contribution in [0, 0.1) is 11.8 Å². The Labute approximate surface area is 164 Å². The molecule has 4 heteroatoms. The van der Waals surface area contributed by atoms with E-state index in [0.717, 1.165) is 24.5 Å². The third kappa shape index (κ3) is 4.09. The Morgan fingerprint density at radius 2 is 1.70 bits per heavy atom. The number of fused-ring (bicyclic) bond motifs is 1. The smallest absolute Gasteiger partial charge is 0.272 e. The van der Waals surface area contributed by atoms with Crippen LogP contribution in [0.15, 0.2) is 0 Å². The molecule has 0 saturated heterocycles. The van der Waals surface area contributed by atoms with E-state index in [4.69, 9.17) is 5.10 Å². The molecule has 1 aromatic rings. The number of hydrogen-bond acceptors (Lipinski definition) is 2. The normalized spacial score (nSPS) is 27.8. The van der Waals surface area contributed by atoms with Crippen LogP contribution < -0.4 is 5.32 Å². The molecule has 4 rings (SSSR count). The van der Waals surface area contributed by atoms with E-state index in [-0.39, 0.29) is 11.9 Å². The lowest BCUT2D eigenvalue weighted by atomic mass is 9.79. The summed E-state index contributed by atoms with van der Waals surface area (Å²) in [5.74, 6) is 1.55. The van der Waals surface area contributed by atoms with E-state index in [2.05, 4.69) is 23.8 Å². The lowest BCUT2D eigenvalue weighted by molar-refractivity contribution is 0.0908. The van der Waals surface area contributed by atoms with Gasteiger partial charge in [-0.25, -0.2) is 0 Å². The summed E-state index contributed by atoms with van der Waals surface area (Å²) < 4.78 is 2.27. The maximum Gasteiger partial charge on any atom is 0.272 e. The fourth-order valence-electron chi connectivity index (χ4n) is 5.61. The van der Waals surface area contributed by atoms with Crippen molar-refractivity contribution in [2.45, 2.75) is 109 Å². The lowest BCUT2D eigenvalue weighted by Gasteiger charge is -2.31. The molecule has 0 spiro atoms. The van der Waals surface area contributed by atoms with Gasteiger partial charge in [0.15, 0.2) is 5.69 Å². The van der Waals surface area contributed by atoms with Crippen molar-refractivity contribution >= 4 is 5.91 Å². The van der Waals surface area contributed by atoms with Crippen LogP contribution in [-0.4, -0.2) is 21.7 Å². The summed E-state index contributed by atoms with van der Waals surface area (Å²) in [6.07, 6.45) is 16.1. The van der Waals surface area contributed by atoms with Gasteiger partial charge in [0.25, 0.3) is 5.91 Å². The van der Waals surface area contributed by atoms with Crippen molar-refractivity contribution < 1.29 is 4.79 Å². The Kier molecular flexibility index (Phi) is 5.89. The minimum atomic E-state index is 0.0776. The summed E-state index contributed by atoms with van der Waals surface area (Å²) in [7, 11) is 0. The monoisotopic (exact) mass is 371 g/mol. The molecule has 3 aliphatic carbocycles. The molecule has 0 aromatic carbocycles. The highest BCUT2D eigenvalue weighted by molar-refractivity contribution is 5.94. The van der Waals surface area contributed by atoms with E-state index in [1.54, 1.807) is 0 Å². The molecule has 27 heavy (non-hydrogen) atoms. The molecule has 1 amide bonds. The van der Waals surface area contributed by atoms with Crippen molar-refractivity contribution in [2.24, 2.45) is 11.8 Å². The van der Waals surface area contributed by atoms with Gasteiger partial charge in [-0.1, -0.05) is 39.0 Å². The number of carbonyl (C=O) groups excluding carboxylic acids is 1. The van der Waals surface area contributed by atoms with E-state index in [0.29, 0.717) is 12.0 Å². The van der Waals surface area contributed by atoms with Crippen LogP contribution in [0.25, 0.3) is 0 Å². The third-order valence-electron chi connectivity index (χ3n) is 7.47. The van der Waals surface area contributed by atoms with Gasteiger partial charge in [-0.3, -0.25) is 9.48 Å². The van der Waals surface area contributed by atoms with E-state index in [1.165, 1.54) is 81.9 Å². The molecule has 1 atom stereocenters. The summed E-state index contributed by atoms with van der Waals surface area (Å²) in [5.41, 5.74) is 3.37. The zero-order valence-corrected chi connectivity index (χ0v) is 17.3. The molecule has 0 bridgehead atoms. The van der Waals surface area contributed by atoms with E-state index >= 15 is 0 Å². The zero-order chi connectivity index (χ0) is 18.8. The Balaban J connectivity index is 1.50. The number of nitrogens with zero attached hydrogens (tertiary/aromatic N) is 2. The average molecular weight is 372 g/mol. The van der Waals surface area contributed by atoms with E-state index in [9.17, 15) is 4.79 Å². The van der Waals surface area contributed by atoms with Crippen LogP contribution >= 0.6 is 0 Å². The summed E-state index contributed by atoms with van der Waals surface area (Å²) in [4.78, 5) is 13.1. The first kappa shape index (κ1) is 19.0. The minimum absolute atomic E-state index is 0.0776. The van der Waals surface area contributed by atoms with Crippen molar-refractivity contribution in [1.29, 1.82) is 0 Å². The van der Waals surface area contributed by atoms with E-state index < -0.39 is 0 Å². The number of aromatic nitrogens is 2. The summed E-state index contributed by atoms with van der Waals surface area (Å²) in [6, 6.07) is 0.772. The summed E-state index contributed by atoms with van der Waals surface area (Å²) in [5, 5.41) is 8.26. The van der Waals surface area contributed by atoms with Gasteiger partial charge in [-0.15, -0.1) is 0 Å². The van der Waals surface area contributed by atoms with Gasteiger partial charge in [-0.2, -0.15) is 5.10 Å². The fraction of sp³-hybridized carbons (Fsp3) is 0.826. The molecular weight excluding hydrogens is 334 g/mol. The number of hydrogen-bond donors (Lipinski definition) is 1. The van der Waals surface area contributed by atoms with Crippen molar-refractivity contribution in [2.75, 3.05) is 0 Å². The Morgan fingerprint density at radius 1 is 1.00 bits per heavy atom. The molecule has 2 saturated carbocycles. The van der Waals surface area contributed by atoms with Gasteiger partial charge in [0.05, 0.1) is 6.04 Å². The quantitative estimate of drug-likeness (QED) is 0.789. The van der Waals surface area contributed by atoms with Gasteiger partial charge in [-0.05, 0) is 70.1 Å². The Hall–Kier alpha value is -1.32. The fourth-order valence-corrected chi connectivity index (χ4v) is 5.61. The molecule has 0 aliphatic heterocycles. The molecule has 4 nitrogen and oxygen atoms in total. The highest BCUT2D eigenvalue weighted by Crippen LogP contribution is 2.34. The Bertz CT molecular complexity index is 651. The summed E-state index contributed by atoms with van der Waals surface area (Å²) in [6.45, 7) is 4.55. The molecule has 1 unspecified atom stereocenters. The topological polar surface area (TPSA) is 46.9 Å². The van der Waals surface area contributed by atoms with Crippen LogP contribution in [0.5, 0.6) is 0 Å². The van der Waals surface area contributed by atoms with Crippen LogP contribution in [0.2, 0.25) is 0 Å². The van der Waals surface area contributed by atoms with E-state index in [1.807, 2.05) is 0 Å². The molecule has 1 heterocycles. The van der Waals surface area contributed by atoms with Crippen molar-refractivity contribution in [3.05, 3.63) is 17.0 Å². The summed E-state index contributed by atoms with van der Waals surface area (Å²) >= 11 is 0. The predicted octanol–water partition coefficient (Wildman–Crippen LogP) is 5.21. The Morgan fingerprint density at radius 3 is 2.44 bits per heavy atom. The average Bonchev–Trinajstić information content (AvgIpc) is 3.09. The molecule has 1 aromatic heterocycles. The first-order chi connectivity index (χ1) is 13.1. The third-order valence-corrected chi connectivity index (χ3v) is 7.47. The molecule has 1 N–H and O–H groups in total. The van der Waals surface area contributed by atoms with Gasteiger partial charge in [0, 0.05) is 17.3 Å². The predicted molar refractivity (Wildman–Crippen MR) is 109 cm³/mol. The second kappa shape index (κ2) is 8.36. The van der Waals surface area contributed by atoms with Crippen LogP contribution in [0.3, 0.4) is 0 Å². The van der Waals surface area contributed by atoms with Gasteiger partial charge in [0.2, 0.25) is 0 Å². The first-order valence-corrected chi connectivity index (χ1v) is 11.5. The lowest BCUT2D eigenvalue weighted by Crippen LogP contribution is -2.40. The van der Waals surface area contributed by atoms with Crippen LogP contribution in [0.1, 0.15) is 112 Å². The maximum atomic E-state index is 13.1. The van der Waals surface area contributed by atoms with Crippen molar-refractivity contribution in [3.63, 3.8) is 0 Å². The van der Waals surface area contributed by atoms with Crippen LogP contribution in [-0.2, 0) is 12.8 Å². The molecule has 0 radical (unpaired) electrons. The van der Waals surface area contributed by atoms with Crippen LogP contribution in [0.4, 0.5) is 0 Å². The minimum Gasteiger partial charge on any atom is -0.348 e. The molecule has 2 fully saturated rings. The van der Waals surface area contributed by atoms with Gasteiger partial charge in [0.1, 0.15) is 0 Å². The second-order valence-corrected chi connectivity index (χ2v) is 9.50. The number of nitrogens with one attached hydrogen (secondary N) is 1. The number of rotatable bonds is 4. The SMILES string of the molecule is CC(NC(=O)c1nn(C2CCCCC2)c2c1CCCC2)[C@H]1CC[C@H](C)CC1. The maximum absolute atomic E-state index is 13.1. The molecular formula is C23H37N3O. The highest BCUT2D eigenvalue weighted by Gasteiger charge is 2.30. The molecule has 150 valence electrons. The van der Waals surface area contributed by atoms with Gasteiger partial charge < -0.3 is 5.32 Å².